The minimum Gasteiger partial charge on any atom is -0.316 e. The van der Waals surface area contributed by atoms with Crippen molar-refractivity contribution in [1.29, 1.82) is 0 Å². The Morgan fingerprint density at radius 1 is 1.50 bits per heavy atom. The highest BCUT2D eigenvalue weighted by Crippen LogP contribution is 2.31. The van der Waals surface area contributed by atoms with E-state index in [9.17, 15) is 4.39 Å². The van der Waals surface area contributed by atoms with E-state index in [1.165, 1.54) is 0 Å². The molecule has 2 heterocycles. The lowest BCUT2D eigenvalue weighted by Gasteiger charge is -2.30. The SMILES string of the molecule is Cc1nn(C)c(CC2(F)CCNCC2)c1Cl. The lowest BCUT2D eigenvalue weighted by molar-refractivity contribution is 0.114. The van der Waals surface area contributed by atoms with Crippen LogP contribution in [0, 0.1) is 6.92 Å². The first kappa shape index (κ1) is 11.9. The van der Waals surface area contributed by atoms with Crippen molar-refractivity contribution in [2.75, 3.05) is 13.1 Å². The molecule has 2 rings (SSSR count). The summed E-state index contributed by atoms with van der Waals surface area (Å²) < 4.78 is 16.2. The van der Waals surface area contributed by atoms with Crippen molar-refractivity contribution in [1.82, 2.24) is 15.1 Å². The molecule has 1 aromatic rings. The Morgan fingerprint density at radius 2 is 2.12 bits per heavy atom. The maximum atomic E-state index is 14.5. The van der Waals surface area contributed by atoms with Crippen molar-refractivity contribution in [3.8, 4) is 0 Å². The highest BCUT2D eigenvalue weighted by Gasteiger charge is 2.33. The molecule has 1 saturated heterocycles. The lowest BCUT2D eigenvalue weighted by Crippen LogP contribution is -2.40. The monoisotopic (exact) mass is 245 g/mol. The van der Waals surface area contributed by atoms with Crippen LogP contribution < -0.4 is 5.32 Å². The van der Waals surface area contributed by atoms with E-state index in [4.69, 9.17) is 11.6 Å². The summed E-state index contributed by atoms with van der Waals surface area (Å²) in [6.45, 7) is 3.33. The number of rotatable bonds is 2. The predicted octanol–water partition coefficient (Wildman–Crippen LogP) is 2.02. The van der Waals surface area contributed by atoms with Crippen molar-refractivity contribution in [3.05, 3.63) is 16.4 Å². The second-order valence-electron chi connectivity index (χ2n) is 4.55. The molecule has 5 heteroatoms. The van der Waals surface area contributed by atoms with Gasteiger partial charge in [-0.25, -0.2) is 4.39 Å². The van der Waals surface area contributed by atoms with Gasteiger partial charge in [0.1, 0.15) is 5.67 Å². The number of aromatic nitrogens is 2. The van der Waals surface area contributed by atoms with E-state index in [0.717, 1.165) is 24.5 Å². The molecule has 0 bridgehead atoms. The molecular weight excluding hydrogens is 229 g/mol. The van der Waals surface area contributed by atoms with Crippen LogP contribution in [0.3, 0.4) is 0 Å². The molecule has 0 aromatic carbocycles. The molecule has 0 aliphatic carbocycles. The molecule has 0 spiro atoms. The number of aryl methyl sites for hydroxylation is 2. The molecule has 90 valence electrons. The molecule has 1 aliphatic heterocycles. The molecule has 0 atom stereocenters. The predicted molar refractivity (Wildman–Crippen MR) is 62.6 cm³/mol. The van der Waals surface area contributed by atoms with Crippen molar-refractivity contribution in [2.24, 2.45) is 7.05 Å². The molecule has 0 saturated carbocycles. The minimum atomic E-state index is -1.13. The molecule has 1 fully saturated rings. The maximum absolute atomic E-state index is 14.5. The zero-order valence-corrected chi connectivity index (χ0v) is 10.4. The Labute approximate surface area is 100.0 Å². The number of hydrogen-bond donors (Lipinski definition) is 1. The van der Waals surface area contributed by atoms with Gasteiger partial charge in [0, 0.05) is 13.5 Å². The molecule has 1 N–H and O–H groups in total. The van der Waals surface area contributed by atoms with Gasteiger partial charge in [0.15, 0.2) is 0 Å². The zero-order chi connectivity index (χ0) is 11.8. The molecule has 0 unspecified atom stereocenters. The van der Waals surface area contributed by atoms with Gasteiger partial charge >= 0.3 is 0 Å². The summed E-state index contributed by atoms with van der Waals surface area (Å²) in [5.41, 5.74) is 0.454. The Bertz CT molecular complexity index is 383. The first-order chi connectivity index (χ1) is 7.52. The van der Waals surface area contributed by atoms with Gasteiger partial charge in [0.05, 0.1) is 16.4 Å². The smallest absolute Gasteiger partial charge is 0.119 e. The molecule has 1 aromatic heterocycles. The van der Waals surface area contributed by atoms with E-state index >= 15 is 0 Å². The average molecular weight is 246 g/mol. The second-order valence-corrected chi connectivity index (χ2v) is 4.93. The third kappa shape index (κ3) is 2.23. The molecule has 0 amide bonds. The van der Waals surface area contributed by atoms with E-state index in [1.54, 1.807) is 4.68 Å². The summed E-state index contributed by atoms with van der Waals surface area (Å²) in [6, 6.07) is 0. The summed E-state index contributed by atoms with van der Waals surface area (Å²) in [4.78, 5) is 0. The van der Waals surface area contributed by atoms with Gasteiger partial charge in [-0.2, -0.15) is 5.10 Å². The van der Waals surface area contributed by atoms with E-state index in [-0.39, 0.29) is 0 Å². The summed E-state index contributed by atoms with van der Waals surface area (Å²) in [5, 5.41) is 7.98. The van der Waals surface area contributed by atoms with Crippen LogP contribution in [0.4, 0.5) is 4.39 Å². The quantitative estimate of drug-likeness (QED) is 0.864. The van der Waals surface area contributed by atoms with Crippen molar-refractivity contribution in [2.45, 2.75) is 31.9 Å². The largest absolute Gasteiger partial charge is 0.316 e. The van der Waals surface area contributed by atoms with Crippen LogP contribution in [-0.2, 0) is 13.5 Å². The van der Waals surface area contributed by atoms with Gasteiger partial charge in [0.2, 0.25) is 0 Å². The van der Waals surface area contributed by atoms with E-state index in [2.05, 4.69) is 10.4 Å². The number of alkyl halides is 1. The van der Waals surface area contributed by atoms with Crippen LogP contribution in [0.25, 0.3) is 0 Å². The van der Waals surface area contributed by atoms with E-state index in [1.807, 2.05) is 14.0 Å². The number of hydrogen-bond acceptors (Lipinski definition) is 2. The van der Waals surface area contributed by atoms with Gasteiger partial charge < -0.3 is 5.32 Å². The van der Waals surface area contributed by atoms with Crippen molar-refractivity contribution < 1.29 is 4.39 Å². The summed E-state index contributed by atoms with van der Waals surface area (Å²) >= 11 is 6.13. The Morgan fingerprint density at radius 3 is 2.62 bits per heavy atom. The summed E-state index contributed by atoms with van der Waals surface area (Å²) in [6.07, 6.45) is 1.46. The minimum absolute atomic E-state index is 0.366. The van der Waals surface area contributed by atoms with Gasteiger partial charge in [-0.3, -0.25) is 4.68 Å². The Balaban J connectivity index is 2.19. The molecule has 0 radical (unpaired) electrons. The Kier molecular flexibility index (Phi) is 3.22. The van der Waals surface area contributed by atoms with Crippen LogP contribution in [0.15, 0.2) is 0 Å². The van der Waals surface area contributed by atoms with Crippen LogP contribution in [0.1, 0.15) is 24.2 Å². The number of halogens is 2. The normalized spacial score (nSPS) is 20.0. The molecule has 1 aliphatic rings. The standard InChI is InChI=1S/C11H17ClFN3/c1-8-10(12)9(16(2)15-8)7-11(13)3-5-14-6-4-11/h14H,3-7H2,1-2H3. The average Bonchev–Trinajstić information content (AvgIpc) is 2.46. The van der Waals surface area contributed by atoms with Gasteiger partial charge in [-0.1, -0.05) is 11.6 Å². The van der Waals surface area contributed by atoms with Gasteiger partial charge in [-0.15, -0.1) is 0 Å². The van der Waals surface area contributed by atoms with Crippen LogP contribution >= 0.6 is 11.6 Å². The number of piperidine rings is 1. The van der Waals surface area contributed by atoms with Gasteiger partial charge in [0.25, 0.3) is 0 Å². The highest BCUT2D eigenvalue weighted by atomic mass is 35.5. The fraction of sp³-hybridized carbons (Fsp3) is 0.727. The Hall–Kier alpha value is -0.610. The lowest BCUT2D eigenvalue weighted by atomic mass is 9.89. The summed E-state index contributed by atoms with van der Waals surface area (Å²) in [7, 11) is 1.82. The van der Waals surface area contributed by atoms with Crippen LogP contribution in [0.2, 0.25) is 5.02 Å². The number of nitrogens with one attached hydrogen (secondary N) is 1. The van der Waals surface area contributed by atoms with Crippen LogP contribution in [-0.4, -0.2) is 28.5 Å². The molecular formula is C11H17ClFN3. The zero-order valence-electron chi connectivity index (χ0n) is 9.69. The second kappa shape index (κ2) is 4.34. The third-order valence-electron chi connectivity index (χ3n) is 3.25. The van der Waals surface area contributed by atoms with Gasteiger partial charge in [-0.05, 0) is 32.9 Å². The highest BCUT2D eigenvalue weighted by molar-refractivity contribution is 6.31. The van der Waals surface area contributed by atoms with Crippen LogP contribution in [0.5, 0.6) is 0 Å². The molecule has 3 nitrogen and oxygen atoms in total. The van der Waals surface area contributed by atoms with Crippen molar-refractivity contribution >= 4 is 11.6 Å². The molecule has 16 heavy (non-hydrogen) atoms. The first-order valence-electron chi connectivity index (χ1n) is 5.59. The van der Waals surface area contributed by atoms with Crippen molar-refractivity contribution in [3.63, 3.8) is 0 Å². The van der Waals surface area contributed by atoms with E-state index < -0.39 is 5.67 Å². The third-order valence-corrected chi connectivity index (χ3v) is 3.74. The first-order valence-corrected chi connectivity index (χ1v) is 5.97. The fourth-order valence-electron chi connectivity index (χ4n) is 2.22. The maximum Gasteiger partial charge on any atom is 0.119 e. The fourth-order valence-corrected chi connectivity index (χ4v) is 2.45. The number of nitrogens with zero attached hydrogens (tertiary/aromatic N) is 2. The summed E-state index contributed by atoms with van der Waals surface area (Å²) in [5.74, 6) is 0. The van der Waals surface area contributed by atoms with E-state index in [0.29, 0.717) is 24.3 Å². The topological polar surface area (TPSA) is 29.9 Å².